The van der Waals surface area contributed by atoms with E-state index >= 15 is 0 Å². The molecule has 0 aliphatic carbocycles. The zero-order chi connectivity index (χ0) is 16.8. The van der Waals surface area contributed by atoms with E-state index in [1.807, 2.05) is 49.6 Å². The van der Waals surface area contributed by atoms with Gasteiger partial charge in [0.1, 0.15) is 5.69 Å². The molecule has 0 spiro atoms. The lowest BCUT2D eigenvalue weighted by Crippen LogP contribution is -1.98. The van der Waals surface area contributed by atoms with Gasteiger partial charge in [0, 0.05) is 12.4 Å². The van der Waals surface area contributed by atoms with Gasteiger partial charge in [0.05, 0.1) is 11.4 Å². The van der Waals surface area contributed by atoms with E-state index in [0.29, 0.717) is 17.3 Å². The van der Waals surface area contributed by atoms with Crippen molar-refractivity contribution in [1.82, 2.24) is 19.6 Å². The molecule has 0 aliphatic rings. The van der Waals surface area contributed by atoms with E-state index in [4.69, 9.17) is 0 Å². The van der Waals surface area contributed by atoms with Gasteiger partial charge >= 0.3 is 0 Å². The second-order valence-electron chi connectivity index (χ2n) is 4.54. The Labute approximate surface area is 135 Å². The van der Waals surface area contributed by atoms with Crippen molar-refractivity contribution in [3.8, 4) is 0 Å². The molecule has 0 fully saturated rings. The van der Waals surface area contributed by atoms with Gasteiger partial charge in [-0.15, -0.1) is 10.2 Å². The molecule has 23 heavy (non-hydrogen) atoms. The Balaban J connectivity index is 0.000000924. The third-order valence-electron chi connectivity index (χ3n) is 3.12. The molecule has 6 heteroatoms. The smallest absolute Gasteiger partial charge is 0.233 e. The van der Waals surface area contributed by atoms with Crippen molar-refractivity contribution < 1.29 is 0 Å². The third kappa shape index (κ3) is 3.26. The summed E-state index contributed by atoms with van der Waals surface area (Å²) in [5.41, 5.74) is 3.97. The Morgan fingerprint density at radius 3 is 2.74 bits per heavy atom. The summed E-state index contributed by atoms with van der Waals surface area (Å²) >= 11 is 0. The number of rotatable bonds is 4. The van der Waals surface area contributed by atoms with Gasteiger partial charge in [-0.05, 0) is 43.5 Å². The van der Waals surface area contributed by atoms with Crippen molar-refractivity contribution in [3.05, 3.63) is 48.4 Å². The second kappa shape index (κ2) is 7.31. The van der Waals surface area contributed by atoms with Gasteiger partial charge in [-0.25, -0.2) is 0 Å². The first-order valence-electron chi connectivity index (χ1n) is 7.39. The molecule has 0 unspecified atom stereocenters. The third-order valence-corrected chi connectivity index (χ3v) is 3.12. The molecule has 0 bridgehead atoms. The molecule has 3 heterocycles. The van der Waals surface area contributed by atoms with Crippen LogP contribution in [0, 0.1) is 6.92 Å². The Hall–Kier alpha value is -3.02. The van der Waals surface area contributed by atoms with E-state index in [2.05, 4.69) is 38.8 Å². The summed E-state index contributed by atoms with van der Waals surface area (Å²) < 4.78 is 1.87. The van der Waals surface area contributed by atoms with Crippen molar-refractivity contribution >= 4 is 35.8 Å². The van der Waals surface area contributed by atoms with Crippen LogP contribution in [0.3, 0.4) is 0 Å². The molecule has 0 saturated carbocycles. The monoisotopic (exact) mass is 308 g/mol. The summed E-state index contributed by atoms with van der Waals surface area (Å²) in [5, 5.41) is 11.5. The van der Waals surface area contributed by atoms with Gasteiger partial charge < -0.3 is 5.32 Å². The van der Waals surface area contributed by atoms with Crippen LogP contribution in [0.15, 0.2) is 42.2 Å². The first-order valence-corrected chi connectivity index (χ1v) is 7.39. The predicted octanol–water partition coefficient (Wildman–Crippen LogP) is 4.18. The lowest BCUT2D eigenvalue weighted by Gasteiger charge is -2.09. The fourth-order valence-corrected chi connectivity index (χ4v) is 2.08. The molecule has 0 aromatic carbocycles. The van der Waals surface area contributed by atoms with Crippen molar-refractivity contribution in [3.63, 3.8) is 0 Å². The number of pyridine rings is 2. The van der Waals surface area contributed by atoms with E-state index < -0.39 is 0 Å². The normalized spacial score (nSPS) is 9.87. The van der Waals surface area contributed by atoms with Gasteiger partial charge in [-0.1, -0.05) is 20.4 Å². The lowest BCUT2D eigenvalue weighted by molar-refractivity contribution is 1.10. The molecular formula is C17H20N6. The van der Waals surface area contributed by atoms with Gasteiger partial charge in [0.25, 0.3) is 0 Å². The van der Waals surface area contributed by atoms with Crippen LogP contribution in [0.25, 0.3) is 11.7 Å². The van der Waals surface area contributed by atoms with Crippen LogP contribution in [0.2, 0.25) is 0 Å². The van der Waals surface area contributed by atoms with Crippen LogP contribution in [0.4, 0.5) is 17.3 Å². The average molecular weight is 308 g/mol. The number of aryl methyl sites for hydroxylation is 1. The Kier molecular flexibility index (Phi) is 5.19. The van der Waals surface area contributed by atoms with Crippen molar-refractivity contribution in [2.75, 3.05) is 5.32 Å². The maximum atomic E-state index is 4.20. The molecule has 3 rings (SSSR count). The van der Waals surface area contributed by atoms with Gasteiger partial charge in [0.15, 0.2) is 5.65 Å². The first kappa shape index (κ1) is 16.4. The summed E-state index contributed by atoms with van der Waals surface area (Å²) in [6.07, 6.45) is 5.24. The number of nitrogens with zero attached hydrogens (tertiary/aromatic N) is 5. The van der Waals surface area contributed by atoms with E-state index in [1.165, 1.54) is 0 Å². The zero-order valence-corrected chi connectivity index (χ0v) is 13.6. The largest absolute Gasteiger partial charge is 0.322 e. The van der Waals surface area contributed by atoms with Gasteiger partial charge in [0.2, 0.25) is 5.95 Å². The number of anilines is 2. The minimum absolute atomic E-state index is 0.608. The molecule has 0 saturated heterocycles. The Morgan fingerprint density at radius 1 is 1.26 bits per heavy atom. The molecule has 0 atom stereocenters. The predicted molar refractivity (Wildman–Crippen MR) is 95.9 cm³/mol. The number of hydrogen-bond donors (Lipinski definition) is 1. The number of fused-ring (bicyclic) bond motifs is 1. The molecule has 0 radical (unpaired) electrons. The SMILES string of the molecule is C=Cc1nccc(Nc2nnc3cc(C)ccn23)c1N=C.CC. The molecule has 6 nitrogen and oxygen atoms in total. The summed E-state index contributed by atoms with van der Waals surface area (Å²) in [6.45, 7) is 13.3. The first-order chi connectivity index (χ1) is 11.2. The Morgan fingerprint density at radius 2 is 2.04 bits per heavy atom. The number of aromatic nitrogens is 4. The van der Waals surface area contributed by atoms with Crippen LogP contribution in [-0.4, -0.2) is 26.3 Å². The zero-order valence-electron chi connectivity index (χ0n) is 13.6. The van der Waals surface area contributed by atoms with Crippen molar-refractivity contribution in [2.45, 2.75) is 20.8 Å². The summed E-state index contributed by atoms with van der Waals surface area (Å²) in [6, 6.07) is 5.77. The molecule has 1 N–H and O–H groups in total. The van der Waals surface area contributed by atoms with Crippen LogP contribution >= 0.6 is 0 Å². The molecule has 118 valence electrons. The Bertz CT molecular complexity index is 834. The standard InChI is InChI=1S/C15H14N6.C2H6/c1-4-11-14(16-3)12(5-7-17-11)18-15-20-19-13-9-10(2)6-8-21(13)15;1-2/h4-9H,1,3H2,2H3,(H,17,18,20);1-2H3. The summed E-state index contributed by atoms with van der Waals surface area (Å²) in [5.74, 6) is 0.608. The molecular weight excluding hydrogens is 288 g/mol. The van der Waals surface area contributed by atoms with E-state index in [9.17, 15) is 0 Å². The number of nitrogens with one attached hydrogen (secondary N) is 1. The lowest BCUT2D eigenvalue weighted by atomic mass is 10.2. The van der Waals surface area contributed by atoms with Crippen LogP contribution in [-0.2, 0) is 0 Å². The molecule has 3 aromatic heterocycles. The van der Waals surface area contributed by atoms with E-state index in [0.717, 1.165) is 16.9 Å². The van der Waals surface area contributed by atoms with Crippen LogP contribution < -0.4 is 5.32 Å². The highest BCUT2D eigenvalue weighted by molar-refractivity contribution is 5.78. The quantitative estimate of drug-likeness (QED) is 0.734. The van der Waals surface area contributed by atoms with Crippen molar-refractivity contribution in [2.24, 2.45) is 4.99 Å². The second-order valence-corrected chi connectivity index (χ2v) is 4.54. The maximum Gasteiger partial charge on any atom is 0.233 e. The van der Waals surface area contributed by atoms with Crippen LogP contribution in [0.1, 0.15) is 25.1 Å². The average Bonchev–Trinajstić information content (AvgIpc) is 2.98. The fraction of sp³-hybridized carbons (Fsp3) is 0.176. The summed E-state index contributed by atoms with van der Waals surface area (Å²) in [4.78, 5) is 8.21. The van der Waals surface area contributed by atoms with Crippen molar-refractivity contribution in [1.29, 1.82) is 0 Å². The van der Waals surface area contributed by atoms with Crippen LogP contribution in [0.5, 0.6) is 0 Å². The fourth-order valence-electron chi connectivity index (χ4n) is 2.08. The minimum atomic E-state index is 0.608. The number of aliphatic imine (C=N–C) groups is 1. The van der Waals surface area contributed by atoms with E-state index in [1.54, 1.807) is 12.3 Å². The molecule has 0 amide bonds. The number of hydrogen-bond acceptors (Lipinski definition) is 5. The minimum Gasteiger partial charge on any atom is -0.322 e. The maximum absolute atomic E-state index is 4.20. The van der Waals surface area contributed by atoms with Gasteiger partial charge in [-0.3, -0.25) is 14.4 Å². The molecule has 3 aromatic rings. The highest BCUT2D eigenvalue weighted by Crippen LogP contribution is 2.30. The highest BCUT2D eigenvalue weighted by Gasteiger charge is 2.10. The van der Waals surface area contributed by atoms with Gasteiger partial charge in [-0.2, -0.15) is 0 Å². The topological polar surface area (TPSA) is 67.5 Å². The molecule has 0 aliphatic heterocycles. The van der Waals surface area contributed by atoms with E-state index in [-0.39, 0.29) is 0 Å². The summed E-state index contributed by atoms with van der Waals surface area (Å²) in [7, 11) is 0. The highest BCUT2D eigenvalue weighted by atomic mass is 15.3.